The summed E-state index contributed by atoms with van der Waals surface area (Å²) in [5.41, 5.74) is -0.0754. The fourth-order valence-corrected chi connectivity index (χ4v) is 3.25. The third-order valence-electron chi connectivity index (χ3n) is 4.53. The molecule has 2 saturated heterocycles. The van der Waals surface area contributed by atoms with Crippen LogP contribution < -0.4 is 5.32 Å². The standard InChI is InChI=1S/C15H30N2O2/c1-12(2)7-14-9-17(13(3)8-16-14)10-15(18-4)5-6-19-11-15/h12-14,16H,5-11H2,1-4H3. The lowest BCUT2D eigenvalue weighted by atomic mass is 9.97. The van der Waals surface area contributed by atoms with E-state index in [1.807, 2.05) is 7.11 Å². The van der Waals surface area contributed by atoms with E-state index in [1.165, 1.54) is 6.42 Å². The van der Waals surface area contributed by atoms with Crippen LogP contribution >= 0.6 is 0 Å². The summed E-state index contributed by atoms with van der Waals surface area (Å²) in [5.74, 6) is 0.749. The highest BCUT2D eigenvalue weighted by Gasteiger charge is 2.39. The molecule has 2 aliphatic heterocycles. The third-order valence-corrected chi connectivity index (χ3v) is 4.53. The third kappa shape index (κ3) is 3.91. The van der Waals surface area contributed by atoms with E-state index in [2.05, 4.69) is 31.0 Å². The Bertz CT molecular complexity index is 277. The van der Waals surface area contributed by atoms with Crippen LogP contribution in [-0.2, 0) is 9.47 Å². The Morgan fingerprint density at radius 2 is 2.26 bits per heavy atom. The van der Waals surface area contributed by atoms with Crippen molar-refractivity contribution in [3.63, 3.8) is 0 Å². The molecule has 2 aliphatic rings. The highest BCUT2D eigenvalue weighted by molar-refractivity contribution is 4.93. The summed E-state index contributed by atoms with van der Waals surface area (Å²) < 4.78 is 11.3. The summed E-state index contributed by atoms with van der Waals surface area (Å²) in [4.78, 5) is 2.59. The lowest BCUT2D eigenvalue weighted by molar-refractivity contribution is -0.0539. The van der Waals surface area contributed by atoms with Gasteiger partial charge in [-0.05, 0) is 19.3 Å². The Morgan fingerprint density at radius 1 is 1.47 bits per heavy atom. The zero-order chi connectivity index (χ0) is 13.9. The molecule has 4 nitrogen and oxygen atoms in total. The van der Waals surface area contributed by atoms with Gasteiger partial charge in [-0.15, -0.1) is 0 Å². The van der Waals surface area contributed by atoms with Gasteiger partial charge in [0.15, 0.2) is 0 Å². The normalized spacial score (nSPS) is 37.1. The fraction of sp³-hybridized carbons (Fsp3) is 1.00. The van der Waals surface area contributed by atoms with Crippen LogP contribution in [0.15, 0.2) is 0 Å². The molecule has 4 heteroatoms. The van der Waals surface area contributed by atoms with E-state index in [-0.39, 0.29) is 5.60 Å². The summed E-state index contributed by atoms with van der Waals surface area (Å²) in [6.45, 7) is 11.7. The molecule has 1 N–H and O–H groups in total. The minimum absolute atomic E-state index is 0.0754. The molecule has 2 rings (SSSR count). The molecule has 0 radical (unpaired) electrons. The summed E-state index contributed by atoms with van der Waals surface area (Å²) in [6, 6.07) is 1.20. The van der Waals surface area contributed by atoms with Gasteiger partial charge in [-0.2, -0.15) is 0 Å². The van der Waals surface area contributed by atoms with Crippen LogP contribution in [0.4, 0.5) is 0 Å². The SMILES string of the molecule is COC1(CN2CC(CC(C)C)NCC2C)CCOC1. The number of hydrogen-bond donors (Lipinski definition) is 1. The van der Waals surface area contributed by atoms with E-state index in [4.69, 9.17) is 9.47 Å². The fourth-order valence-electron chi connectivity index (χ4n) is 3.25. The molecule has 0 spiro atoms. The van der Waals surface area contributed by atoms with Crippen molar-refractivity contribution >= 4 is 0 Å². The molecule has 0 aromatic carbocycles. The first-order valence-electron chi connectivity index (χ1n) is 7.65. The van der Waals surface area contributed by atoms with Gasteiger partial charge in [0.2, 0.25) is 0 Å². The van der Waals surface area contributed by atoms with E-state index in [0.29, 0.717) is 12.1 Å². The lowest BCUT2D eigenvalue weighted by Gasteiger charge is -2.43. The van der Waals surface area contributed by atoms with Crippen molar-refractivity contribution in [1.29, 1.82) is 0 Å². The van der Waals surface area contributed by atoms with E-state index in [9.17, 15) is 0 Å². The average molecular weight is 270 g/mol. The quantitative estimate of drug-likeness (QED) is 0.821. The zero-order valence-electron chi connectivity index (χ0n) is 12.9. The number of nitrogens with zero attached hydrogens (tertiary/aromatic N) is 1. The highest BCUT2D eigenvalue weighted by atomic mass is 16.5. The Hall–Kier alpha value is -0.160. The van der Waals surface area contributed by atoms with Crippen LogP contribution in [0.1, 0.15) is 33.6 Å². The van der Waals surface area contributed by atoms with Crippen molar-refractivity contribution in [2.45, 2.75) is 51.3 Å². The largest absolute Gasteiger partial charge is 0.378 e. The second-order valence-corrected chi connectivity index (χ2v) is 6.70. The van der Waals surface area contributed by atoms with Gasteiger partial charge >= 0.3 is 0 Å². The van der Waals surface area contributed by atoms with Crippen LogP contribution in [0, 0.1) is 5.92 Å². The molecule has 0 amide bonds. The van der Waals surface area contributed by atoms with Gasteiger partial charge in [0.25, 0.3) is 0 Å². The number of hydrogen-bond acceptors (Lipinski definition) is 4. The number of piperazine rings is 1. The van der Waals surface area contributed by atoms with Gasteiger partial charge < -0.3 is 14.8 Å². The van der Waals surface area contributed by atoms with Gasteiger partial charge in [0.1, 0.15) is 5.60 Å². The molecule has 2 heterocycles. The molecule has 112 valence electrons. The topological polar surface area (TPSA) is 33.7 Å². The minimum atomic E-state index is -0.0754. The van der Waals surface area contributed by atoms with Gasteiger partial charge in [0, 0.05) is 51.9 Å². The highest BCUT2D eigenvalue weighted by Crippen LogP contribution is 2.26. The molecule has 0 saturated carbocycles. The number of rotatable bonds is 5. The average Bonchev–Trinajstić information content (AvgIpc) is 2.82. The maximum Gasteiger partial charge on any atom is 0.106 e. The summed E-state index contributed by atoms with van der Waals surface area (Å²) in [6.07, 6.45) is 2.27. The first-order valence-corrected chi connectivity index (χ1v) is 7.65. The van der Waals surface area contributed by atoms with Crippen molar-refractivity contribution in [2.24, 2.45) is 5.92 Å². The van der Waals surface area contributed by atoms with Crippen LogP contribution in [0.3, 0.4) is 0 Å². The molecular formula is C15H30N2O2. The summed E-state index contributed by atoms with van der Waals surface area (Å²) in [7, 11) is 1.83. The smallest absolute Gasteiger partial charge is 0.106 e. The summed E-state index contributed by atoms with van der Waals surface area (Å²) in [5, 5.41) is 3.67. The molecule has 2 fully saturated rings. The molecular weight excluding hydrogens is 240 g/mol. The molecule has 19 heavy (non-hydrogen) atoms. The van der Waals surface area contributed by atoms with Gasteiger partial charge in [-0.3, -0.25) is 4.90 Å². The monoisotopic (exact) mass is 270 g/mol. The molecule has 3 atom stereocenters. The zero-order valence-corrected chi connectivity index (χ0v) is 12.9. The summed E-state index contributed by atoms with van der Waals surface area (Å²) >= 11 is 0. The van der Waals surface area contributed by atoms with Crippen molar-refractivity contribution in [2.75, 3.05) is 40.0 Å². The predicted octanol–water partition coefficient (Wildman–Crippen LogP) is 1.50. The Balaban J connectivity index is 1.93. The van der Waals surface area contributed by atoms with Crippen LogP contribution in [0.2, 0.25) is 0 Å². The molecule has 3 unspecified atom stereocenters. The Kier molecular flexibility index (Phi) is 5.23. The second-order valence-electron chi connectivity index (χ2n) is 6.70. The number of ether oxygens (including phenoxy) is 2. The van der Waals surface area contributed by atoms with E-state index >= 15 is 0 Å². The van der Waals surface area contributed by atoms with E-state index in [1.54, 1.807) is 0 Å². The van der Waals surface area contributed by atoms with Gasteiger partial charge in [-0.1, -0.05) is 13.8 Å². The Labute approximate surface area is 117 Å². The second kappa shape index (κ2) is 6.53. The first kappa shape index (κ1) is 15.2. The molecule has 0 aromatic rings. The number of nitrogens with one attached hydrogen (secondary N) is 1. The van der Waals surface area contributed by atoms with Crippen molar-refractivity contribution in [3.05, 3.63) is 0 Å². The van der Waals surface area contributed by atoms with Crippen LogP contribution in [0.5, 0.6) is 0 Å². The van der Waals surface area contributed by atoms with E-state index in [0.717, 1.165) is 45.2 Å². The van der Waals surface area contributed by atoms with Crippen LogP contribution in [-0.4, -0.2) is 62.5 Å². The maximum atomic E-state index is 5.78. The predicted molar refractivity (Wildman–Crippen MR) is 77.5 cm³/mol. The van der Waals surface area contributed by atoms with E-state index < -0.39 is 0 Å². The van der Waals surface area contributed by atoms with Gasteiger partial charge in [0.05, 0.1) is 6.61 Å². The first-order chi connectivity index (χ1) is 9.04. The lowest BCUT2D eigenvalue weighted by Crippen LogP contribution is -2.59. The van der Waals surface area contributed by atoms with Crippen LogP contribution in [0.25, 0.3) is 0 Å². The van der Waals surface area contributed by atoms with Crippen molar-refractivity contribution in [1.82, 2.24) is 10.2 Å². The molecule has 0 aromatic heterocycles. The Morgan fingerprint density at radius 3 is 2.84 bits per heavy atom. The number of methoxy groups -OCH3 is 1. The molecule has 0 aliphatic carbocycles. The van der Waals surface area contributed by atoms with Gasteiger partial charge in [-0.25, -0.2) is 0 Å². The maximum absolute atomic E-state index is 5.78. The minimum Gasteiger partial charge on any atom is -0.378 e. The molecule has 0 bridgehead atoms. The van der Waals surface area contributed by atoms with Crippen molar-refractivity contribution < 1.29 is 9.47 Å². The van der Waals surface area contributed by atoms with Crippen molar-refractivity contribution in [3.8, 4) is 0 Å².